The van der Waals surface area contributed by atoms with E-state index < -0.39 is 0 Å². The minimum absolute atomic E-state index is 0. The van der Waals surface area contributed by atoms with E-state index in [-0.39, 0.29) is 18.3 Å². The Balaban J connectivity index is 0.00000208. The van der Waals surface area contributed by atoms with Crippen molar-refractivity contribution in [1.82, 2.24) is 20.4 Å². The highest BCUT2D eigenvalue weighted by molar-refractivity contribution is 5.96. The van der Waals surface area contributed by atoms with Crippen molar-refractivity contribution in [3.05, 3.63) is 47.3 Å². The van der Waals surface area contributed by atoms with E-state index in [1.54, 1.807) is 0 Å². The van der Waals surface area contributed by atoms with Gasteiger partial charge in [-0.3, -0.25) is 4.79 Å². The third-order valence-electron chi connectivity index (χ3n) is 4.47. The van der Waals surface area contributed by atoms with Gasteiger partial charge < -0.3 is 10.6 Å². The SMILES string of the molecule is Cc1nn(-c2ccccc2)c(C)c1C(=O)NCC1CCCNC1.Cl. The van der Waals surface area contributed by atoms with Gasteiger partial charge in [-0.1, -0.05) is 18.2 Å². The molecule has 2 aromatic rings. The first-order chi connectivity index (χ1) is 11.2. The molecular weight excluding hydrogens is 324 g/mol. The number of para-hydroxylation sites is 1. The van der Waals surface area contributed by atoms with Gasteiger partial charge in [0.05, 0.1) is 22.6 Å². The van der Waals surface area contributed by atoms with Gasteiger partial charge in [-0.25, -0.2) is 4.68 Å². The molecule has 130 valence electrons. The van der Waals surface area contributed by atoms with Crippen LogP contribution >= 0.6 is 12.4 Å². The molecule has 1 saturated heterocycles. The van der Waals surface area contributed by atoms with E-state index in [0.29, 0.717) is 11.5 Å². The Labute approximate surface area is 149 Å². The average Bonchev–Trinajstić information content (AvgIpc) is 2.89. The molecule has 1 fully saturated rings. The van der Waals surface area contributed by atoms with Crippen LogP contribution in [-0.4, -0.2) is 35.3 Å². The third-order valence-corrected chi connectivity index (χ3v) is 4.47. The highest BCUT2D eigenvalue weighted by Gasteiger charge is 2.20. The van der Waals surface area contributed by atoms with Gasteiger partial charge in [-0.05, 0) is 57.8 Å². The summed E-state index contributed by atoms with van der Waals surface area (Å²) in [6.45, 7) is 6.64. The first-order valence-corrected chi connectivity index (χ1v) is 8.27. The van der Waals surface area contributed by atoms with Crippen molar-refractivity contribution >= 4 is 18.3 Å². The molecule has 5 nitrogen and oxygen atoms in total. The highest BCUT2D eigenvalue weighted by Crippen LogP contribution is 2.18. The average molecular weight is 349 g/mol. The normalized spacial score (nSPS) is 17.2. The van der Waals surface area contributed by atoms with Gasteiger partial charge in [-0.2, -0.15) is 5.10 Å². The monoisotopic (exact) mass is 348 g/mol. The molecule has 1 amide bonds. The number of hydrogen-bond donors (Lipinski definition) is 2. The summed E-state index contributed by atoms with van der Waals surface area (Å²) in [5.74, 6) is 0.505. The van der Waals surface area contributed by atoms with Crippen LogP contribution in [0.3, 0.4) is 0 Å². The molecule has 24 heavy (non-hydrogen) atoms. The van der Waals surface area contributed by atoms with Crippen LogP contribution in [0.5, 0.6) is 0 Å². The lowest BCUT2D eigenvalue weighted by atomic mass is 9.99. The molecule has 6 heteroatoms. The van der Waals surface area contributed by atoms with Crippen LogP contribution in [0.2, 0.25) is 0 Å². The lowest BCUT2D eigenvalue weighted by Crippen LogP contribution is -2.38. The third kappa shape index (κ3) is 3.97. The molecule has 2 heterocycles. The molecule has 1 aromatic carbocycles. The first-order valence-electron chi connectivity index (χ1n) is 8.27. The molecule has 1 aliphatic rings. The maximum Gasteiger partial charge on any atom is 0.255 e. The first kappa shape index (κ1) is 18.5. The van der Waals surface area contributed by atoms with E-state index in [9.17, 15) is 4.79 Å². The molecule has 1 atom stereocenters. The number of nitrogens with one attached hydrogen (secondary N) is 2. The zero-order chi connectivity index (χ0) is 16.2. The standard InChI is InChI=1S/C18H24N4O.ClH/c1-13-17(18(23)20-12-15-7-6-10-19-11-15)14(2)22(21-13)16-8-4-3-5-9-16;/h3-5,8-9,15,19H,6-7,10-12H2,1-2H3,(H,20,23);1H. The maximum atomic E-state index is 12.6. The zero-order valence-electron chi connectivity index (χ0n) is 14.2. The molecule has 2 N–H and O–H groups in total. The van der Waals surface area contributed by atoms with Crippen molar-refractivity contribution in [1.29, 1.82) is 0 Å². The number of aromatic nitrogens is 2. The van der Waals surface area contributed by atoms with E-state index >= 15 is 0 Å². The number of rotatable bonds is 4. The topological polar surface area (TPSA) is 59.0 Å². The van der Waals surface area contributed by atoms with Crippen molar-refractivity contribution < 1.29 is 4.79 Å². The molecule has 3 rings (SSSR count). The van der Waals surface area contributed by atoms with Crippen LogP contribution in [0, 0.1) is 19.8 Å². The summed E-state index contributed by atoms with van der Waals surface area (Å²) in [5.41, 5.74) is 3.32. The Hall–Kier alpha value is -1.85. The maximum absolute atomic E-state index is 12.6. The zero-order valence-corrected chi connectivity index (χ0v) is 15.0. The van der Waals surface area contributed by atoms with Crippen molar-refractivity contribution in [3.8, 4) is 5.69 Å². The fraction of sp³-hybridized carbons (Fsp3) is 0.444. The lowest BCUT2D eigenvalue weighted by Gasteiger charge is -2.22. The predicted octanol–water partition coefficient (Wildman–Crippen LogP) is 2.64. The summed E-state index contributed by atoms with van der Waals surface area (Å²) in [5, 5.41) is 11.0. The molecular formula is C18H25ClN4O. The summed E-state index contributed by atoms with van der Waals surface area (Å²) in [7, 11) is 0. The van der Waals surface area contributed by atoms with Crippen molar-refractivity contribution in [2.75, 3.05) is 19.6 Å². The van der Waals surface area contributed by atoms with Crippen LogP contribution in [-0.2, 0) is 0 Å². The minimum Gasteiger partial charge on any atom is -0.352 e. The molecule has 1 aromatic heterocycles. The number of halogens is 1. The lowest BCUT2D eigenvalue weighted by molar-refractivity contribution is 0.0943. The number of carbonyl (C=O) groups excluding carboxylic acids is 1. The number of benzene rings is 1. The number of hydrogen-bond acceptors (Lipinski definition) is 3. The number of nitrogens with zero attached hydrogens (tertiary/aromatic N) is 2. The van der Waals surface area contributed by atoms with Crippen LogP contribution in [0.1, 0.15) is 34.6 Å². The summed E-state index contributed by atoms with van der Waals surface area (Å²) in [6, 6.07) is 9.91. The Kier molecular flexibility index (Phi) is 6.40. The molecule has 1 unspecified atom stereocenters. The number of amides is 1. The van der Waals surface area contributed by atoms with Gasteiger partial charge in [0.1, 0.15) is 0 Å². The van der Waals surface area contributed by atoms with E-state index in [4.69, 9.17) is 0 Å². The van der Waals surface area contributed by atoms with E-state index in [2.05, 4.69) is 15.7 Å². The molecule has 0 bridgehead atoms. The largest absolute Gasteiger partial charge is 0.352 e. The summed E-state index contributed by atoms with van der Waals surface area (Å²) in [6.07, 6.45) is 2.36. The van der Waals surface area contributed by atoms with E-state index in [1.807, 2.05) is 48.9 Å². The quantitative estimate of drug-likeness (QED) is 0.893. The van der Waals surface area contributed by atoms with Gasteiger partial charge in [0, 0.05) is 6.54 Å². The Morgan fingerprint density at radius 3 is 2.75 bits per heavy atom. The molecule has 0 radical (unpaired) electrons. The van der Waals surface area contributed by atoms with E-state index in [0.717, 1.165) is 36.7 Å². The second-order valence-electron chi connectivity index (χ2n) is 6.22. The van der Waals surface area contributed by atoms with Gasteiger partial charge in [0.25, 0.3) is 5.91 Å². The van der Waals surface area contributed by atoms with Crippen molar-refractivity contribution in [2.45, 2.75) is 26.7 Å². The number of carbonyl (C=O) groups is 1. The molecule has 0 aliphatic carbocycles. The van der Waals surface area contributed by atoms with Crippen LogP contribution in [0.25, 0.3) is 5.69 Å². The smallest absolute Gasteiger partial charge is 0.255 e. The van der Waals surface area contributed by atoms with Crippen LogP contribution in [0.4, 0.5) is 0 Å². The molecule has 1 aliphatic heterocycles. The summed E-state index contributed by atoms with van der Waals surface area (Å²) < 4.78 is 1.84. The van der Waals surface area contributed by atoms with Gasteiger partial charge in [-0.15, -0.1) is 12.4 Å². The Bertz CT molecular complexity index is 678. The highest BCUT2D eigenvalue weighted by atomic mass is 35.5. The van der Waals surface area contributed by atoms with Crippen LogP contribution < -0.4 is 10.6 Å². The fourth-order valence-corrected chi connectivity index (χ4v) is 3.22. The summed E-state index contributed by atoms with van der Waals surface area (Å²) >= 11 is 0. The Morgan fingerprint density at radius 2 is 2.08 bits per heavy atom. The number of piperidine rings is 1. The van der Waals surface area contributed by atoms with Gasteiger partial charge >= 0.3 is 0 Å². The molecule has 0 saturated carbocycles. The second kappa shape index (κ2) is 8.31. The second-order valence-corrected chi connectivity index (χ2v) is 6.22. The summed E-state index contributed by atoms with van der Waals surface area (Å²) in [4.78, 5) is 12.6. The van der Waals surface area contributed by atoms with Crippen molar-refractivity contribution in [3.63, 3.8) is 0 Å². The van der Waals surface area contributed by atoms with Crippen LogP contribution in [0.15, 0.2) is 30.3 Å². The predicted molar refractivity (Wildman–Crippen MR) is 98.2 cm³/mol. The van der Waals surface area contributed by atoms with Crippen molar-refractivity contribution in [2.24, 2.45) is 5.92 Å². The fourth-order valence-electron chi connectivity index (χ4n) is 3.22. The Morgan fingerprint density at radius 1 is 1.33 bits per heavy atom. The van der Waals surface area contributed by atoms with Gasteiger partial charge in [0.15, 0.2) is 0 Å². The van der Waals surface area contributed by atoms with Gasteiger partial charge in [0.2, 0.25) is 0 Å². The number of aryl methyl sites for hydroxylation is 1. The van der Waals surface area contributed by atoms with E-state index in [1.165, 1.54) is 12.8 Å². The molecule has 0 spiro atoms. The minimum atomic E-state index is -0.0206.